The molecule has 9 heteroatoms. The van der Waals surface area contributed by atoms with Crippen molar-refractivity contribution in [3.63, 3.8) is 0 Å². The summed E-state index contributed by atoms with van der Waals surface area (Å²) in [5.74, 6) is -0.137. The highest BCUT2D eigenvalue weighted by molar-refractivity contribution is 5.91. The van der Waals surface area contributed by atoms with Crippen LogP contribution in [-0.4, -0.2) is 83.3 Å². The number of nitrogens with zero attached hydrogens (tertiary/aromatic N) is 4. The summed E-state index contributed by atoms with van der Waals surface area (Å²) >= 11 is 0. The molecule has 3 heterocycles. The molecule has 2 fully saturated rings. The van der Waals surface area contributed by atoms with Crippen LogP contribution in [0.3, 0.4) is 0 Å². The lowest BCUT2D eigenvalue weighted by Gasteiger charge is -2.26. The fourth-order valence-electron chi connectivity index (χ4n) is 4.58. The summed E-state index contributed by atoms with van der Waals surface area (Å²) in [5, 5.41) is 0. The van der Waals surface area contributed by atoms with Crippen molar-refractivity contribution in [2.45, 2.75) is 25.7 Å². The maximum atomic E-state index is 13.4. The summed E-state index contributed by atoms with van der Waals surface area (Å²) in [7, 11) is 1.61. The fraction of sp³-hybridized carbons (Fsp3) is 0.407. The van der Waals surface area contributed by atoms with E-state index in [2.05, 4.69) is 11.6 Å². The van der Waals surface area contributed by atoms with Crippen LogP contribution < -0.4 is 4.74 Å². The zero-order valence-corrected chi connectivity index (χ0v) is 20.5. The van der Waals surface area contributed by atoms with Gasteiger partial charge in [-0.15, -0.1) is 6.58 Å². The standard InChI is InChI=1S/C27H32N4O5/c1-3-12-29-15-22(13-25(29)32)27(34)31-17-24(36-19-21-8-10-28-11-9-21)16-30(26(33)18-31)14-20-4-6-23(35-2)7-5-20/h3-11,22,24H,1,12-19H2,2H3/t22-,24+/m0/s1. The van der Waals surface area contributed by atoms with E-state index in [0.29, 0.717) is 32.8 Å². The Kier molecular flexibility index (Phi) is 8.32. The Bertz CT molecular complexity index is 1080. The van der Waals surface area contributed by atoms with E-state index in [-0.39, 0.29) is 43.3 Å². The van der Waals surface area contributed by atoms with E-state index >= 15 is 0 Å². The van der Waals surface area contributed by atoms with Crippen LogP contribution in [0.1, 0.15) is 17.5 Å². The molecule has 0 bridgehead atoms. The van der Waals surface area contributed by atoms with Crippen molar-refractivity contribution in [3.05, 3.63) is 72.6 Å². The Hall–Kier alpha value is -3.72. The molecule has 0 radical (unpaired) electrons. The van der Waals surface area contributed by atoms with Crippen LogP contribution >= 0.6 is 0 Å². The molecule has 0 spiro atoms. The smallest absolute Gasteiger partial charge is 0.242 e. The van der Waals surface area contributed by atoms with Gasteiger partial charge < -0.3 is 24.2 Å². The lowest BCUT2D eigenvalue weighted by atomic mass is 10.1. The molecular formula is C27H32N4O5. The first-order valence-electron chi connectivity index (χ1n) is 12.1. The number of ether oxygens (including phenoxy) is 2. The van der Waals surface area contributed by atoms with Crippen LogP contribution in [0.15, 0.2) is 61.4 Å². The predicted molar refractivity (Wildman–Crippen MR) is 133 cm³/mol. The summed E-state index contributed by atoms with van der Waals surface area (Å²) in [5.41, 5.74) is 1.92. The summed E-state index contributed by atoms with van der Waals surface area (Å²) in [4.78, 5) is 48.0. The summed E-state index contributed by atoms with van der Waals surface area (Å²) in [6.45, 7) is 5.76. The molecule has 2 aliphatic heterocycles. The fourth-order valence-corrected chi connectivity index (χ4v) is 4.58. The van der Waals surface area contributed by atoms with Crippen molar-refractivity contribution in [2.24, 2.45) is 5.92 Å². The minimum absolute atomic E-state index is 0.0454. The van der Waals surface area contributed by atoms with Gasteiger partial charge in [0, 0.05) is 51.5 Å². The maximum Gasteiger partial charge on any atom is 0.242 e. The molecule has 0 N–H and O–H groups in total. The zero-order valence-electron chi connectivity index (χ0n) is 20.5. The second-order valence-electron chi connectivity index (χ2n) is 9.12. The van der Waals surface area contributed by atoms with Gasteiger partial charge in [-0.1, -0.05) is 18.2 Å². The van der Waals surface area contributed by atoms with E-state index in [1.54, 1.807) is 40.3 Å². The van der Waals surface area contributed by atoms with Gasteiger partial charge >= 0.3 is 0 Å². The summed E-state index contributed by atoms with van der Waals surface area (Å²) in [6, 6.07) is 11.3. The van der Waals surface area contributed by atoms with Crippen molar-refractivity contribution in [1.82, 2.24) is 19.7 Å². The third kappa shape index (κ3) is 6.28. The Morgan fingerprint density at radius 1 is 1.03 bits per heavy atom. The third-order valence-electron chi connectivity index (χ3n) is 6.52. The third-order valence-corrected chi connectivity index (χ3v) is 6.52. The minimum atomic E-state index is -0.473. The van der Waals surface area contributed by atoms with Gasteiger partial charge in [0.1, 0.15) is 5.75 Å². The van der Waals surface area contributed by atoms with Gasteiger partial charge in [-0.05, 0) is 35.4 Å². The maximum absolute atomic E-state index is 13.4. The van der Waals surface area contributed by atoms with Crippen LogP contribution in [-0.2, 0) is 32.3 Å². The Morgan fingerprint density at radius 2 is 1.78 bits per heavy atom. The van der Waals surface area contributed by atoms with Gasteiger partial charge in [-0.25, -0.2) is 0 Å². The zero-order chi connectivity index (χ0) is 25.5. The SMILES string of the molecule is C=CCN1C[C@@H](C(=O)N2CC(=O)N(Cc3ccc(OC)cc3)C[C@@H](OCc3ccncc3)C2)CC1=O. The quantitative estimate of drug-likeness (QED) is 0.497. The first-order valence-corrected chi connectivity index (χ1v) is 12.1. The van der Waals surface area contributed by atoms with Crippen LogP contribution in [0.25, 0.3) is 0 Å². The van der Waals surface area contributed by atoms with Crippen LogP contribution in [0.2, 0.25) is 0 Å². The average Bonchev–Trinajstić information content (AvgIpc) is 3.18. The Balaban J connectivity index is 1.49. The van der Waals surface area contributed by atoms with Crippen LogP contribution in [0.4, 0.5) is 0 Å². The van der Waals surface area contributed by atoms with Crippen LogP contribution in [0.5, 0.6) is 5.75 Å². The van der Waals surface area contributed by atoms with E-state index in [1.807, 2.05) is 36.4 Å². The van der Waals surface area contributed by atoms with E-state index < -0.39 is 5.92 Å². The number of aromatic nitrogens is 1. The molecule has 190 valence electrons. The molecule has 1 aromatic carbocycles. The number of carbonyl (C=O) groups is 3. The van der Waals surface area contributed by atoms with Gasteiger partial charge in [-0.2, -0.15) is 0 Å². The molecule has 0 unspecified atom stereocenters. The Labute approximate surface area is 211 Å². The molecule has 36 heavy (non-hydrogen) atoms. The summed E-state index contributed by atoms with van der Waals surface area (Å²) < 4.78 is 11.4. The number of hydrogen-bond acceptors (Lipinski definition) is 6. The summed E-state index contributed by atoms with van der Waals surface area (Å²) in [6.07, 6.45) is 4.82. The minimum Gasteiger partial charge on any atom is -0.497 e. The number of amides is 3. The van der Waals surface area contributed by atoms with Crippen molar-refractivity contribution in [3.8, 4) is 5.75 Å². The molecule has 2 atom stereocenters. The van der Waals surface area contributed by atoms with Gasteiger partial charge in [0.05, 0.1) is 32.3 Å². The highest BCUT2D eigenvalue weighted by atomic mass is 16.5. The van der Waals surface area contributed by atoms with Crippen molar-refractivity contribution in [1.29, 1.82) is 0 Å². The van der Waals surface area contributed by atoms with Gasteiger partial charge in [0.2, 0.25) is 17.7 Å². The molecule has 0 aliphatic carbocycles. The lowest BCUT2D eigenvalue weighted by Crippen LogP contribution is -2.43. The first kappa shape index (κ1) is 25.4. The second kappa shape index (κ2) is 11.8. The number of methoxy groups -OCH3 is 1. The van der Waals surface area contributed by atoms with E-state index in [0.717, 1.165) is 16.9 Å². The molecule has 4 rings (SSSR count). The van der Waals surface area contributed by atoms with Gasteiger partial charge in [-0.3, -0.25) is 19.4 Å². The molecule has 2 aromatic rings. The van der Waals surface area contributed by atoms with Gasteiger partial charge in [0.25, 0.3) is 0 Å². The number of pyridine rings is 1. The monoisotopic (exact) mass is 492 g/mol. The van der Waals surface area contributed by atoms with E-state index in [4.69, 9.17) is 9.47 Å². The normalized spacial score (nSPS) is 20.4. The second-order valence-corrected chi connectivity index (χ2v) is 9.12. The predicted octanol–water partition coefficient (Wildman–Crippen LogP) is 1.88. The highest BCUT2D eigenvalue weighted by Gasteiger charge is 2.39. The molecule has 1 aromatic heterocycles. The number of benzene rings is 1. The average molecular weight is 493 g/mol. The number of rotatable bonds is 9. The largest absolute Gasteiger partial charge is 0.497 e. The van der Waals surface area contributed by atoms with Crippen molar-refractivity contribution < 1.29 is 23.9 Å². The highest BCUT2D eigenvalue weighted by Crippen LogP contribution is 2.23. The number of carbonyl (C=O) groups excluding carboxylic acids is 3. The number of likely N-dealkylation sites (tertiary alicyclic amines) is 1. The molecule has 0 saturated carbocycles. The molecular weight excluding hydrogens is 460 g/mol. The molecule has 2 aliphatic rings. The Morgan fingerprint density at radius 3 is 2.47 bits per heavy atom. The molecule has 3 amide bonds. The van der Waals surface area contributed by atoms with Crippen LogP contribution in [0, 0.1) is 5.92 Å². The molecule has 9 nitrogen and oxygen atoms in total. The molecule has 2 saturated heterocycles. The van der Waals surface area contributed by atoms with Gasteiger partial charge in [0.15, 0.2) is 0 Å². The van der Waals surface area contributed by atoms with E-state index in [1.165, 1.54) is 0 Å². The lowest BCUT2D eigenvalue weighted by molar-refractivity contribution is -0.141. The first-order chi connectivity index (χ1) is 17.5. The van der Waals surface area contributed by atoms with Crippen molar-refractivity contribution in [2.75, 3.05) is 39.8 Å². The topological polar surface area (TPSA) is 92.3 Å². The van der Waals surface area contributed by atoms with Crippen molar-refractivity contribution >= 4 is 17.7 Å². The number of hydrogen-bond donors (Lipinski definition) is 0. The van der Waals surface area contributed by atoms with E-state index in [9.17, 15) is 14.4 Å².